The normalized spacial score (nSPS) is 10.4. The van der Waals surface area contributed by atoms with E-state index in [4.69, 9.17) is 5.11 Å². The van der Waals surface area contributed by atoms with Crippen LogP contribution < -0.4 is 10.6 Å². The average Bonchev–Trinajstić information content (AvgIpc) is 2.74. The number of carbonyl (C=O) groups is 3. The number of phenols is 1. The van der Waals surface area contributed by atoms with Crippen LogP contribution in [0.4, 0.5) is 11.4 Å². The number of aromatic hydroxyl groups is 1. The zero-order chi connectivity index (χ0) is 22.4. The minimum atomic E-state index is -1.28. The molecular weight excluding hydrogens is 416 g/mol. The molecule has 4 N–H and O–H groups in total. The Morgan fingerprint density at radius 1 is 0.871 bits per heavy atom. The van der Waals surface area contributed by atoms with E-state index < -0.39 is 5.97 Å². The summed E-state index contributed by atoms with van der Waals surface area (Å²) in [5.74, 6) is -2.04. The molecule has 0 heterocycles. The molecule has 3 aromatic carbocycles. The van der Waals surface area contributed by atoms with Crippen molar-refractivity contribution >= 4 is 40.9 Å². The largest absolute Gasteiger partial charge is 0.507 e. The van der Waals surface area contributed by atoms with Gasteiger partial charge < -0.3 is 20.8 Å². The van der Waals surface area contributed by atoms with Crippen molar-refractivity contribution < 1.29 is 24.6 Å². The highest BCUT2D eigenvalue weighted by Crippen LogP contribution is 2.23. The first-order valence-electron chi connectivity index (χ1n) is 9.29. The fraction of sp³-hybridized carbons (Fsp3) is 0.0870. The second kappa shape index (κ2) is 9.82. The third kappa shape index (κ3) is 5.86. The van der Waals surface area contributed by atoms with E-state index in [1.807, 2.05) is 25.1 Å². The molecule has 0 saturated carbocycles. The molecule has 0 fully saturated rings. The van der Waals surface area contributed by atoms with Crippen molar-refractivity contribution in [2.75, 3.05) is 16.4 Å². The highest BCUT2D eigenvalue weighted by Gasteiger charge is 2.12. The lowest BCUT2D eigenvalue weighted by molar-refractivity contribution is -0.113. The zero-order valence-corrected chi connectivity index (χ0v) is 17.4. The smallest absolute Gasteiger partial charge is 0.339 e. The van der Waals surface area contributed by atoms with Crippen LogP contribution in [0.25, 0.3) is 0 Å². The number of benzene rings is 3. The molecule has 158 valence electrons. The van der Waals surface area contributed by atoms with Gasteiger partial charge in [0.05, 0.1) is 5.75 Å². The van der Waals surface area contributed by atoms with E-state index in [1.54, 1.807) is 30.3 Å². The van der Waals surface area contributed by atoms with Crippen molar-refractivity contribution in [2.45, 2.75) is 11.8 Å². The second-order valence-corrected chi connectivity index (χ2v) is 7.72. The van der Waals surface area contributed by atoms with Crippen molar-refractivity contribution in [3.05, 3.63) is 83.4 Å². The number of aryl methyl sites for hydroxylation is 1. The maximum absolute atomic E-state index is 12.4. The average molecular weight is 436 g/mol. The third-order valence-corrected chi connectivity index (χ3v) is 5.39. The van der Waals surface area contributed by atoms with Gasteiger partial charge in [0, 0.05) is 21.8 Å². The van der Waals surface area contributed by atoms with Crippen LogP contribution in [-0.4, -0.2) is 33.7 Å². The quantitative estimate of drug-likeness (QED) is 0.323. The summed E-state index contributed by atoms with van der Waals surface area (Å²) in [7, 11) is 0. The maximum atomic E-state index is 12.4. The van der Waals surface area contributed by atoms with Crippen molar-refractivity contribution in [3.63, 3.8) is 0 Å². The number of carboxylic acids is 1. The van der Waals surface area contributed by atoms with E-state index in [-0.39, 0.29) is 34.6 Å². The first kappa shape index (κ1) is 21.9. The van der Waals surface area contributed by atoms with E-state index in [2.05, 4.69) is 10.6 Å². The van der Waals surface area contributed by atoms with Crippen LogP contribution in [0.2, 0.25) is 0 Å². The standard InChI is InChI=1S/C23H20N2O5S/c1-14-4-2-3-5-18(14)22(28)25-15-6-9-17(10-7-15)31-13-21(27)24-16-8-11-20(26)19(12-16)23(29)30/h2-12,26H,13H2,1H3,(H,24,27)(H,25,28)(H,29,30). The van der Waals surface area contributed by atoms with Crippen LogP contribution >= 0.6 is 11.8 Å². The molecule has 3 rings (SSSR count). The Labute approximate surface area is 183 Å². The van der Waals surface area contributed by atoms with Gasteiger partial charge in [-0.1, -0.05) is 18.2 Å². The molecule has 0 atom stereocenters. The lowest BCUT2D eigenvalue weighted by Gasteiger charge is -2.09. The molecule has 0 aliphatic rings. The molecule has 0 spiro atoms. The number of nitrogens with one attached hydrogen (secondary N) is 2. The van der Waals surface area contributed by atoms with Gasteiger partial charge in [-0.3, -0.25) is 9.59 Å². The number of amides is 2. The fourth-order valence-electron chi connectivity index (χ4n) is 2.79. The summed E-state index contributed by atoms with van der Waals surface area (Å²) in [4.78, 5) is 36.4. The lowest BCUT2D eigenvalue weighted by Crippen LogP contribution is -2.14. The number of anilines is 2. The summed E-state index contributed by atoms with van der Waals surface area (Å²) in [5, 5.41) is 24.0. The monoisotopic (exact) mass is 436 g/mol. The van der Waals surface area contributed by atoms with Crippen LogP contribution in [0.15, 0.2) is 71.6 Å². The Balaban J connectivity index is 1.54. The van der Waals surface area contributed by atoms with Gasteiger partial charge in [0.15, 0.2) is 0 Å². The Hall–Kier alpha value is -3.78. The van der Waals surface area contributed by atoms with Gasteiger partial charge in [0.2, 0.25) is 5.91 Å². The van der Waals surface area contributed by atoms with E-state index in [0.29, 0.717) is 11.3 Å². The van der Waals surface area contributed by atoms with Crippen LogP contribution in [-0.2, 0) is 4.79 Å². The Bertz CT molecular complexity index is 1130. The summed E-state index contributed by atoms with van der Waals surface area (Å²) in [6.07, 6.45) is 0. The van der Waals surface area contributed by atoms with E-state index in [0.717, 1.165) is 10.5 Å². The molecule has 8 heteroatoms. The highest BCUT2D eigenvalue weighted by atomic mass is 32.2. The molecule has 31 heavy (non-hydrogen) atoms. The van der Waals surface area contributed by atoms with Gasteiger partial charge in [0.25, 0.3) is 5.91 Å². The van der Waals surface area contributed by atoms with Gasteiger partial charge >= 0.3 is 5.97 Å². The number of carbonyl (C=O) groups excluding carboxylic acids is 2. The molecule has 0 aromatic heterocycles. The van der Waals surface area contributed by atoms with Gasteiger partial charge in [-0.25, -0.2) is 4.79 Å². The Morgan fingerprint density at radius 3 is 2.23 bits per heavy atom. The number of rotatable bonds is 7. The molecule has 0 aliphatic heterocycles. The Kier molecular flexibility index (Phi) is 6.94. The molecule has 7 nitrogen and oxygen atoms in total. The summed E-state index contributed by atoms with van der Waals surface area (Å²) < 4.78 is 0. The first-order chi connectivity index (χ1) is 14.8. The van der Waals surface area contributed by atoms with Crippen LogP contribution in [0.3, 0.4) is 0 Å². The van der Waals surface area contributed by atoms with Gasteiger partial charge in [0.1, 0.15) is 11.3 Å². The molecule has 0 saturated heterocycles. The fourth-order valence-corrected chi connectivity index (χ4v) is 3.49. The molecule has 0 radical (unpaired) electrons. The van der Waals surface area contributed by atoms with Crippen LogP contribution in [0.5, 0.6) is 5.75 Å². The first-order valence-corrected chi connectivity index (χ1v) is 10.3. The molecule has 0 bridgehead atoms. The van der Waals surface area contributed by atoms with Gasteiger partial charge in [-0.15, -0.1) is 11.8 Å². The number of carboxylic acid groups (broad SMARTS) is 1. The summed E-state index contributed by atoms with van der Waals surface area (Å²) in [6.45, 7) is 1.88. The summed E-state index contributed by atoms with van der Waals surface area (Å²) >= 11 is 1.30. The SMILES string of the molecule is Cc1ccccc1C(=O)Nc1ccc(SCC(=O)Nc2ccc(O)c(C(=O)O)c2)cc1. The topological polar surface area (TPSA) is 116 Å². The molecule has 2 amide bonds. The molecule has 3 aromatic rings. The van der Waals surface area contributed by atoms with Crippen molar-refractivity contribution in [1.29, 1.82) is 0 Å². The predicted molar refractivity (Wildman–Crippen MR) is 120 cm³/mol. The number of hydrogen-bond acceptors (Lipinski definition) is 5. The predicted octanol–water partition coefficient (Wildman–Crippen LogP) is 4.38. The number of aromatic carboxylic acids is 1. The van der Waals surface area contributed by atoms with Crippen LogP contribution in [0.1, 0.15) is 26.3 Å². The molecule has 0 unspecified atom stereocenters. The van der Waals surface area contributed by atoms with E-state index in [9.17, 15) is 19.5 Å². The molecular formula is C23H20N2O5S. The number of hydrogen-bond donors (Lipinski definition) is 4. The van der Waals surface area contributed by atoms with Gasteiger partial charge in [-0.2, -0.15) is 0 Å². The van der Waals surface area contributed by atoms with Crippen LogP contribution in [0, 0.1) is 6.92 Å². The van der Waals surface area contributed by atoms with E-state index >= 15 is 0 Å². The zero-order valence-electron chi connectivity index (χ0n) is 16.6. The maximum Gasteiger partial charge on any atom is 0.339 e. The minimum absolute atomic E-state index is 0.109. The van der Waals surface area contributed by atoms with E-state index in [1.165, 1.54) is 30.0 Å². The van der Waals surface area contributed by atoms with Crippen molar-refractivity contribution in [2.24, 2.45) is 0 Å². The third-order valence-electron chi connectivity index (χ3n) is 4.38. The van der Waals surface area contributed by atoms with Crippen molar-refractivity contribution in [1.82, 2.24) is 0 Å². The van der Waals surface area contributed by atoms with Gasteiger partial charge in [-0.05, 0) is 61.0 Å². The number of thioether (sulfide) groups is 1. The lowest BCUT2D eigenvalue weighted by atomic mass is 10.1. The molecule has 0 aliphatic carbocycles. The second-order valence-electron chi connectivity index (χ2n) is 6.67. The minimum Gasteiger partial charge on any atom is -0.507 e. The highest BCUT2D eigenvalue weighted by molar-refractivity contribution is 8.00. The Morgan fingerprint density at radius 2 is 1.55 bits per heavy atom. The summed E-state index contributed by atoms with van der Waals surface area (Å²) in [6, 6.07) is 18.3. The van der Waals surface area contributed by atoms with Crippen molar-refractivity contribution in [3.8, 4) is 5.75 Å². The summed E-state index contributed by atoms with van der Waals surface area (Å²) in [5.41, 5.74) is 2.15.